The number of ketones is 1. The second kappa shape index (κ2) is 4.77. The van der Waals surface area contributed by atoms with Crippen LogP contribution in [0.15, 0.2) is 29.2 Å². The molecule has 0 heterocycles. The Morgan fingerprint density at radius 3 is 2.35 bits per heavy atom. The Kier molecular flexibility index (Phi) is 3.98. The molecule has 0 saturated carbocycles. The van der Waals surface area contributed by atoms with E-state index in [1.54, 1.807) is 0 Å². The molecule has 0 bridgehead atoms. The molecule has 0 unspecified atom stereocenters. The molecule has 0 fully saturated rings. The molecule has 0 aliphatic heterocycles. The molecule has 1 aromatic rings. The second-order valence-corrected chi connectivity index (χ2v) is 5.54. The fourth-order valence-corrected chi connectivity index (χ4v) is 2.18. The van der Waals surface area contributed by atoms with Gasteiger partial charge in [0.25, 0.3) is 9.84 Å². The SMILES string of the molecule is O=C(CBr)c1cccc(S(=O)(=O)C(F)(F)F)c1. The van der Waals surface area contributed by atoms with E-state index in [2.05, 4.69) is 15.9 Å². The van der Waals surface area contributed by atoms with Crippen molar-refractivity contribution in [3.63, 3.8) is 0 Å². The summed E-state index contributed by atoms with van der Waals surface area (Å²) < 4.78 is 58.9. The number of hydrogen-bond acceptors (Lipinski definition) is 3. The highest BCUT2D eigenvalue weighted by atomic mass is 79.9. The van der Waals surface area contributed by atoms with Crippen LogP contribution in [0.1, 0.15) is 10.4 Å². The Morgan fingerprint density at radius 2 is 1.88 bits per heavy atom. The van der Waals surface area contributed by atoms with Gasteiger partial charge in [-0.25, -0.2) is 8.42 Å². The number of carbonyl (C=O) groups excluding carboxylic acids is 1. The van der Waals surface area contributed by atoms with Gasteiger partial charge >= 0.3 is 5.51 Å². The maximum Gasteiger partial charge on any atom is 0.501 e. The summed E-state index contributed by atoms with van der Waals surface area (Å²) in [5.41, 5.74) is -5.46. The standard InChI is InChI=1S/C9H6BrF3O3S/c10-5-8(14)6-2-1-3-7(4-6)17(15,16)9(11,12)13/h1-4H,5H2. The van der Waals surface area contributed by atoms with Gasteiger partial charge in [0.1, 0.15) is 0 Å². The fourth-order valence-electron chi connectivity index (χ4n) is 1.05. The third kappa shape index (κ3) is 2.86. The third-order valence-electron chi connectivity index (χ3n) is 1.89. The van der Waals surface area contributed by atoms with Gasteiger partial charge in [0.2, 0.25) is 0 Å². The van der Waals surface area contributed by atoms with E-state index in [9.17, 15) is 26.4 Å². The molecular formula is C9H6BrF3O3S. The van der Waals surface area contributed by atoms with Crippen LogP contribution in [0.5, 0.6) is 0 Å². The van der Waals surface area contributed by atoms with E-state index in [0.717, 1.165) is 12.1 Å². The first-order valence-corrected chi connectivity index (χ1v) is 6.81. The van der Waals surface area contributed by atoms with Gasteiger partial charge in [-0.2, -0.15) is 13.2 Å². The summed E-state index contributed by atoms with van der Waals surface area (Å²) in [5.74, 6) is -0.496. The predicted molar refractivity (Wildman–Crippen MR) is 57.8 cm³/mol. The molecule has 0 atom stereocenters. The summed E-state index contributed by atoms with van der Waals surface area (Å²) in [6, 6.07) is 3.85. The van der Waals surface area contributed by atoms with Crippen LogP contribution in [-0.4, -0.2) is 25.0 Å². The molecule has 3 nitrogen and oxygen atoms in total. The number of alkyl halides is 4. The zero-order chi connectivity index (χ0) is 13.3. The number of carbonyl (C=O) groups is 1. The molecule has 0 aromatic heterocycles. The molecule has 17 heavy (non-hydrogen) atoms. The molecule has 0 amide bonds. The number of sulfone groups is 1. The van der Waals surface area contributed by atoms with Crippen molar-refractivity contribution in [2.75, 3.05) is 5.33 Å². The van der Waals surface area contributed by atoms with Gasteiger partial charge in [-0.05, 0) is 12.1 Å². The Bertz CT molecular complexity index is 537. The fraction of sp³-hybridized carbons (Fsp3) is 0.222. The lowest BCUT2D eigenvalue weighted by Gasteiger charge is -2.08. The van der Waals surface area contributed by atoms with E-state index in [4.69, 9.17) is 0 Å². The van der Waals surface area contributed by atoms with E-state index in [1.165, 1.54) is 6.07 Å². The van der Waals surface area contributed by atoms with Crippen LogP contribution in [-0.2, 0) is 9.84 Å². The second-order valence-electron chi connectivity index (χ2n) is 3.03. The average molecular weight is 331 g/mol. The van der Waals surface area contributed by atoms with Crippen LogP contribution >= 0.6 is 15.9 Å². The lowest BCUT2D eigenvalue weighted by Crippen LogP contribution is -2.23. The summed E-state index contributed by atoms with van der Waals surface area (Å²) in [5, 5.41) is -0.0947. The molecule has 0 saturated heterocycles. The summed E-state index contributed by atoms with van der Waals surface area (Å²) in [4.78, 5) is 10.3. The third-order valence-corrected chi connectivity index (χ3v) is 3.89. The van der Waals surface area contributed by atoms with Crippen molar-refractivity contribution in [2.24, 2.45) is 0 Å². The van der Waals surface area contributed by atoms with Crippen LogP contribution in [0.4, 0.5) is 13.2 Å². The lowest BCUT2D eigenvalue weighted by atomic mass is 10.2. The monoisotopic (exact) mass is 330 g/mol. The van der Waals surface area contributed by atoms with Gasteiger partial charge in [0, 0.05) is 5.56 Å². The van der Waals surface area contributed by atoms with Crippen LogP contribution < -0.4 is 0 Å². The highest BCUT2D eigenvalue weighted by molar-refractivity contribution is 9.09. The van der Waals surface area contributed by atoms with Crippen molar-refractivity contribution < 1.29 is 26.4 Å². The summed E-state index contributed by atoms with van der Waals surface area (Å²) in [6.07, 6.45) is 0. The Hall–Kier alpha value is -0.890. The van der Waals surface area contributed by atoms with Gasteiger partial charge < -0.3 is 0 Å². The highest BCUT2D eigenvalue weighted by Gasteiger charge is 2.46. The maximum absolute atomic E-state index is 12.3. The minimum Gasteiger partial charge on any atom is -0.293 e. The maximum atomic E-state index is 12.3. The number of rotatable bonds is 3. The molecule has 1 aromatic carbocycles. The van der Waals surface area contributed by atoms with Crippen LogP contribution in [0.25, 0.3) is 0 Å². The van der Waals surface area contributed by atoms with E-state index >= 15 is 0 Å². The van der Waals surface area contributed by atoms with E-state index in [0.29, 0.717) is 6.07 Å². The first-order valence-electron chi connectivity index (χ1n) is 4.20. The van der Waals surface area contributed by atoms with Gasteiger partial charge in [-0.15, -0.1) is 0 Å². The Balaban J connectivity index is 3.31. The molecule has 94 valence electrons. The lowest BCUT2D eigenvalue weighted by molar-refractivity contribution is -0.0436. The quantitative estimate of drug-likeness (QED) is 0.632. The molecule has 0 aliphatic carbocycles. The number of halogens is 4. The molecule has 8 heteroatoms. The molecule has 0 radical (unpaired) electrons. The largest absolute Gasteiger partial charge is 0.501 e. The van der Waals surface area contributed by atoms with Crippen molar-refractivity contribution >= 4 is 31.6 Å². The molecule has 1 rings (SSSR count). The minimum absolute atomic E-state index is 0.0906. The minimum atomic E-state index is -5.41. The van der Waals surface area contributed by atoms with Crippen molar-refractivity contribution in [2.45, 2.75) is 10.4 Å². The highest BCUT2D eigenvalue weighted by Crippen LogP contribution is 2.30. The van der Waals surface area contributed by atoms with Crippen molar-refractivity contribution in [1.29, 1.82) is 0 Å². The van der Waals surface area contributed by atoms with Gasteiger partial charge in [-0.3, -0.25) is 4.79 Å². The Morgan fingerprint density at radius 1 is 1.29 bits per heavy atom. The predicted octanol–water partition coefficient (Wildman–Crippen LogP) is 2.56. The van der Waals surface area contributed by atoms with Gasteiger partial charge in [0.05, 0.1) is 10.2 Å². The molecular weight excluding hydrogens is 325 g/mol. The number of benzene rings is 1. The van der Waals surface area contributed by atoms with E-state index in [1.807, 2.05) is 0 Å². The topological polar surface area (TPSA) is 51.2 Å². The number of hydrogen-bond donors (Lipinski definition) is 0. The van der Waals surface area contributed by atoms with E-state index < -0.39 is 26.0 Å². The summed E-state index contributed by atoms with van der Waals surface area (Å²) in [6.45, 7) is 0. The van der Waals surface area contributed by atoms with Gasteiger partial charge in [0.15, 0.2) is 5.78 Å². The van der Waals surface area contributed by atoms with Gasteiger partial charge in [-0.1, -0.05) is 28.1 Å². The van der Waals surface area contributed by atoms with E-state index in [-0.39, 0.29) is 10.9 Å². The first kappa shape index (κ1) is 14.2. The average Bonchev–Trinajstić information content (AvgIpc) is 2.26. The van der Waals surface area contributed by atoms with Crippen molar-refractivity contribution in [3.05, 3.63) is 29.8 Å². The van der Waals surface area contributed by atoms with Crippen LogP contribution in [0.2, 0.25) is 0 Å². The summed E-state index contributed by atoms with van der Waals surface area (Å²) in [7, 11) is -5.41. The van der Waals surface area contributed by atoms with Crippen molar-refractivity contribution in [3.8, 4) is 0 Å². The molecule has 0 spiro atoms. The zero-order valence-corrected chi connectivity index (χ0v) is 10.6. The van der Waals surface area contributed by atoms with Crippen LogP contribution in [0.3, 0.4) is 0 Å². The first-order chi connectivity index (χ1) is 7.70. The smallest absolute Gasteiger partial charge is 0.293 e. The molecule has 0 N–H and O–H groups in total. The zero-order valence-electron chi connectivity index (χ0n) is 8.16. The summed E-state index contributed by atoms with van der Waals surface area (Å²) >= 11 is 2.84. The van der Waals surface area contributed by atoms with Crippen molar-refractivity contribution in [1.82, 2.24) is 0 Å². The Labute approximate surface area is 104 Å². The molecule has 0 aliphatic rings. The number of Topliss-reactive ketones (excluding diaryl/α,β-unsaturated/α-hetero) is 1. The normalized spacial score (nSPS) is 12.5. The van der Waals surface area contributed by atoms with Crippen LogP contribution in [0, 0.1) is 0 Å².